The number of nitrogens with one attached hydrogen (secondary N) is 3. The Kier molecular flexibility index (Phi) is 10.6. The normalized spacial score (nSPS) is 12.4. The number of amides is 3. The molecule has 0 fully saturated rings. The molecular weight excluding hydrogens is 655 g/mol. The molecule has 3 N–H and O–H groups in total. The van der Waals surface area contributed by atoms with E-state index in [1.807, 2.05) is 42.5 Å². The first-order valence-electron chi connectivity index (χ1n) is 15.5. The van der Waals surface area contributed by atoms with E-state index >= 15 is 0 Å². The van der Waals surface area contributed by atoms with Crippen LogP contribution in [0.3, 0.4) is 0 Å². The number of para-hydroxylation sites is 1. The van der Waals surface area contributed by atoms with Gasteiger partial charge in [-0.1, -0.05) is 60.7 Å². The Morgan fingerprint density at radius 2 is 1.44 bits per heavy atom. The van der Waals surface area contributed by atoms with Crippen molar-refractivity contribution < 1.29 is 33.3 Å². The van der Waals surface area contributed by atoms with E-state index in [1.54, 1.807) is 78.9 Å². The van der Waals surface area contributed by atoms with Crippen LogP contribution in [0, 0.1) is 0 Å². The highest BCUT2D eigenvalue weighted by atomic mass is 32.2. The molecule has 0 saturated carbocycles. The van der Waals surface area contributed by atoms with Gasteiger partial charge in [-0.15, -0.1) is 11.8 Å². The van der Waals surface area contributed by atoms with Crippen LogP contribution in [0.15, 0.2) is 132 Å². The average Bonchev–Trinajstić information content (AvgIpc) is 3.63. The molecule has 0 radical (unpaired) electrons. The van der Waals surface area contributed by atoms with E-state index in [-0.39, 0.29) is 18.4 Å². The van der Waals surface area contributed by atoms with Crippen LogP contribution in [-0.4, -0.2) is 38.7 Å². The lowest BCUT2D eigenvalue weighted by atomic mass is 10.1. The van der Waals surface area contributed by atoms with Crippen LogP contribution in [0.2, 0.25) is 0 Å². The lowest BCUT2D eigenvalue weighted by Crippen LogP contribution is -2.30. The van der Waals surface area contributed by atoms with Gasteiger partial charge in [0.05, 0.1) is 14.2 Å². The molecule has 0 bridgehead atoms. The smallest absolute Gasteiger partial charge is 0.272 e. The lowest BCUT2D eigenvalue weighted by molar-refractivity contribution is -0.116. The fraction of sp³-hybridized carbons (Fsp3) is 0.103. The molecule has 0 aliphatic carbocycles. The van der Waals surface area contributed by atoms with Gasteiger partial charge in [-0.05, 0) is 66.2 Å². The second-order valence-electron chi connectivity index (χ2n) is 10.9. The summed E-state index contributed by atoms with van der Waals surface area (Å²) in [7, 11) is 3.02. The summed E-state index contributed by atoms with van der Waals surface area (Å²) in [5, 5.41) is 8.02. The second kappa shape index (κ2) is 15.8. The maximum absolute atomic E-state index is 13.7. The molecule has 1 aliphatic rings. The van der Waals surface area contributed by atoms with E-state index in [4.69, 9.17) is 18.9 Å². The summed E-state index contributed by atoms with van der Waals surface area (Å²) >= 11 is 1.37. The molecule has 10 nitrogen and oxygen atoms in total. The van der Waals surface area contributed by atoms with Gasteiger partial charge in [0.2, 0.25) is 12.7 Å². The molecule has 252 valence electrons. The number of benzene rings is 5. The lowest BCUT2D eigenvalue weighted by Gasteiger charge is -2.18. The van der Waals surface area contributed by atoms with E-state index in [9.17, 15) is 14.4 Å². The zero-order valence-electron chi connectivity index (χ0n) is 27.2. The van der Waals surface area contributed by atoms with Crippen LogP contribution in [0.4, 0.5) is 11.4 Å². The van der Waals surface area contributed by atoms with Crippen LogP contribution in [-0.2, 0) is 9.59 Å². The van der Waals surface area contributed by atoms with Crippen LogP contribution in [0.25, 0.3) is 6.08 Å². The first-order chi connectivity index (χ1) is 24.4. The van der Waals surface area contributed by atoms with Crippen LogP contribution in [0.5, 0.6) is 23.0 Å². The molecule has 11 heteroatoms. The summed E-state index contributed by atoms with van der Waals surface area (Å²) in [5.74, 6) is 0.869. The maximum atomic E-state index is 13.7. The highest BCUT2D eigenvalue weighted by Crippen LogP contribution is 2.39. The summed E-state index contributed by atoms with van der Waals surface area (Å²) in [6, 6.07) is 35.7. The van der Waals surface area contributed by atoms with Gasteiger partial charge in [-0.25, -0.2) is 0 Å². The molecule has 5 aromatic rings. The van der Waals surface area contributed by atoms with E-state index in [1.165, 1.54) is 32.1 Å². The zero-order valence-corrected chi connectivity index (χ0v) is 28.0. The van der Waals surface area contributed by atoms with E-state index in [0.717, 1.165) is 10.5 Å². The van der Waals surface area contributed by atoms with Crippen molar-refractivity contribution >= 4 is 46.9 Å². The number of carbonyl (C=O) groups is 3. The fourth-order valence-electron chi connectivity index (χ4n) is 5.16. The molecule has 0 spiro atoms. The molecule has 0 aromatic heterocycles. The quantitative estimate of drug-likeness (QED) is 0.0922. The van der Waals surface area contributed by atoms with Crippen molar-refractivity contribution in [2.45, 2.75) is 10.1 Å². The highest BCUT2D eigenvalue weighted by Gasteiger charge is 2.24. The fourth-order valence-corrected chi connectivity index (χ4v) is 6.18. The number of fused-ring (bicyclic) bond motifs is 1. The van der Waals surface area contributed by atoms with Gasteiger partial charge in [-0.3, -0.25) is 14.4 Å². The van der Waals surface area contributed by atoms with Gasteiger partial charge >= 0.3 is 0 Å². The molecule has 6 rings (SSSR count). The first kappa shape index (κ1) is 33.7. The minimum atomic E-state index is -0.581. The Morgan fingerprint density at radius 3 is 2.16 bits per heavy atom. The van der Waals surface area contributed by atoms with Crippen molar-refractivity contribution in [2.24, 2.45) is 0 Å². The van der Waals surface area contributed by atoms with E-state index in [2.05, 4.69) is 16.0 Å². The standard InChI is InChI=1S/C39H33N3O7S/c1-46-33-15-9-14-27(35(33)47-2)22-31(42-37(43)26-12-7-4-8-13-26)38(44)40-28-16-19-30(20-17-28)50-36(25-10-5-3-6-11-25)39(45)41-29-18-21-32-34(23-29)49-24-48-32/h3-23,36H,24H2,1-2H3,(H,40,44)(H,41,45)(H,42,43)/b31-22-. The van der Waals surface area contributed by atoms with Gasteiger partial charge in [0, 0.05) is 33.5 Å². The van der Waals surface area contributed by atoms with E-state index < -0.39 is 17.1 Å². The topological polar surface area (TPSA) is 124 Å². The summed E-state index contributed by atoms with van der Waals surface area (Å²) < 4.78 is 21.8. The highest BCUT2D eigenvalue weighted by molar-refractivity contribution is 8.00. The molecule has 1 aliphatic heterocycles. The Labute approximate surface area is 293 Å². The third-order valence-corrected chi connectivity index (χ3v) is 8.87. The number of rotatable bonds is 12. The Hall–Kier alpha value is -6.20. The number of methoxy groups -OCH3 is 2. The van der Waals surface area contributed by atoms with Crippen molar-refractivity contribution in [1.29, 1.82) is 0 Å². The minimum absolute atomic E-state index is 0.00631. The van der Waals surface area contributed by atoms with E-state index in [0.29, 0.717) is 45.5 Å². The van der Waals surface area contributed by atoms with Gasteiger partial charge in [0.1, 0.15) is 10.9 Å². The molecule has 5 aromatic carbocycles. The van der Waals surface area contributed by atoms with Gasteiger partial charge < -0.3 is 34.9 Å². The number of thioether (sulfide) groups is 1. The SMILES string of the molecule is COc1cccc(/C=C(\NC(=O)c2ccccc2)C(=O)Nc2ccc(SC(C(=O)Nc3ccc4c(c3)OCO4)c3ccccc3)cc2)c1OC. The van der Waals surface area contributed by atoms with Crippen LogP contribution >= 0.6 is 11.8 Å². The number of hydrogen-bond donors (Lipinski definition) is 3. The van der Waals surface area contributed by atoms with Crippen molar-refractivity contribution in [1.82, 2.24) is 5.32 Å². The number of ether oxygens (including phenoxy) is 4. The summed E-state index contributed by atoms with van der Waals surface area (Å²) in [4.78, 5) is 41.2. The number of anilines is 2. The summed E-state index contributed by atoms with van der Waals surface area (Å²) in [6.07, 6.45) is 1.53. The molecular formula is C39H33N3O7S. The third-order valence-electron chi connectivity index (χ3n) is 7.61. The molecule has 1 atom stereocenters. The molecule has 50 heavy (non-hydrogen) atoms. The average molecular weight is 688 g/mol. The Morgan fingerprint density at radius 1 is 0.740 bits per heavy atom. The molecule has 1 unspecified atom stereocenters. The van der Waals surface area contributed by atoms with Gasteiger partial charge in [0.25, 0.3) is 11.8 Å². The number of carbonyl (C=O) groups excluding carboxylic acids is 3. The third kappa shape index (κ3) is 8.08. The van der Waals surface area contributed by atoms with Crippen molar-refractivity contribution in [3.8, 4) is 23.0 Å². The first-order valence-corrected chi connectivity index (χ1v) is 16.4. The summed E-state index contributed by atoms with van der Waals surface area (Å²) in [5.41, 5.74) is 2.81. The predicted octanol–water partition coefficient (Wildman–Crippen LogP) is 7.31. The Bertz CT molecular complexity index is 2020. The maximum Gasteiger partial charge on any atom is 0.272 e. The summed E-state index contributed by atoms with van der Waals surface area (Å²) in [6.45, 7) is 0.141. The minimum Gasteiger partial charge on any atom is -0.493 e. The van der Waals surface area contributed by atoms with Crippen molar-refractivity contribution in [3.63, 3.8) is 0 Å². The zero-order chi connectivity index (χ0) is 34.9. The largest absolute Gasteiger partial charge is 0.493 e. The predicted molar refractivity (Wildman–Crippen MR) is 193 cm³/mol. The molecule has 1 heterocycles. The van der Waals surface area contributed by atoms with Crippen LogP contribution < -0.4 is 34.9 Å². The number of hydrogen-bond acceptors (Lipinski definition) is 8. The molecule has 0 saturated heterocycles. The van der Waals surface area contributed by atoms with Gasteiger partial charge in [-0.2, -0.15) is 0 Å². The van der Waals surface area contributed by atoms with Crippen molar-refractivity contribution in [3.05, 3.63) is 144 Å². The van der Waals surface area contributed by atoms with Crippen LogP contribution in [0.1, 0.15) is 26.7 Å². The Balaban J connectivity index is 1.21. The molecule has 3 amide bonds. The van der Waals surface area contributed by atoms with Gasteiger partial charge in [0.15, 0.2) is 23.0 Å². The monoisotopic (exact) mass is 687 g/mol. The van der Waals surface area contributed by atoms with Crippen molar-refractivity contribution in [2.75, 3.05) is 31.6 Å². The second-order valence-corrected chi connectivity index (χ2v) is 12.1.